The molecule has 0 bridgehead atoms. The van der Waals surface area contributed by atoms with Crippen LogP contribution in [0.1, 0.15) is 27.2 Å². The highest BCUT2D eigenvalue weighted by Gasteiger charge is 2.27. The molecule has 0 aromatic heterocycles. The van der Waals surface area contributed by atoms with Gasteiger partial charge in [-0.05, 0) is 27.2 Å². The molecule has 0 rings (SSSR count). The fourth-order valence-corrected chi connectivity index (χ4v) is 1.66. The Bertz CT molecular complexity index is 453. The van der Waals surface area contributed by atoms with E-state index in [2.05, 4.69) is 20.3 Å². The smallest absolute Gasteiger partial charge is 0.388 e. The summed E-state index contributed by atoms with van der Waals surface area (Å²) in [4.78, 5) is 11.1. The summed E-state index contributed by atoms with van der Waals surface area (Å²) in [7, 11) is -4.26. The second kappa shape index (κ2) is 8.44. The van der Waals surface area contributed by atoms with Crippen molar-refractivity contribution in [1.29, 1.82) is 0 Å². The van der Waals surface area contributed by atoms with Crippen LogP contribution in [-0.4, -0.2) is 56.0 Å². The highest BCUT2D eigenvalue weighted by Crippen LogP contribution is 2.10. The molecule has 0 aromatic rings. The van der Waals surface area contributed by atoms with Crippen molar-refractivity contribution in [3.05, 3.63) is 12.2 Å². The third-order valence-electron chi connectivity index (χ3n) is 2.41. The van der Waals surface area contributed by atoms with Gasteiger partial charge in [-0.1, -0.05) is 6.58 Å². The van der Waals surface area contributed by atoms with E-state index in [4.69, 9.17) is 0 Å². The average Bonchev–Trinajstić information content (AvgIpc) is 2.33. The number of aliphatic hydroxyl groups excluding tert-OH is 1. The Labute approximate surface area is 125 Å². The third-order valence-corrected chi connectivity index (χ3v) is 3.29. The molecule has 21 heavy (non-hydrogen) atoms. The topological polar surface area (TPSA) is 122 Å². The van der Waals surface area contributed by atoms with Gasteiger partial charge in [0.05, 0.1) is 18.8 Å². The normalized spacial score (nSPS) is 13.8. The Morgan fingerprint density at radius 1 is 1.38 bits per heavy atom. The van der Waals surface area contributed by atoms with Gasteiger partial charge in [-0.15, -0.1) is 0 Å². The molecule has 8 nitrogen and oxygen atoms in total. The predicted octanol–water partition coefficient (Wildman–Crippen LogP) is -0.521. The number of amides is 1. The first kappa shape index (κ1) is 20.0. The first-order valence-electron chi connectivity index (χ1n) is 6.33. The standard InChI is InChI=1S/C12H23NO7S/c1-9(2)11(15)13-6-5-7-19-21(17,18)20-8-10(14)12(3,4)16/h10,14,16H,1,5-8H2,2-4H3,(H,13,15). The number of hydrogen-bond donors (Lipinski definition) is 3. The van der Waals surface area contributed by atoms with Gasteiger partial charge in [-0.25, -0.2) is 8.37 Å². The number of rotatable bonds is 10. The second-order valence-corrected chi connectivity index (χ2v) is 6.36. The zero-order valence-corrected chi connectivity index (χ0v) is 13.3. The molecular formula is C12H23NO7S. The molecule has 1 amide bonds. The van der Waals surface area contributed by atoms with E-state index in [1.807, 2.05) is 0 Å². The van der Waals surface area contributed by atoms with E-state index in [0.29, 0.717) is 5.57 Å². The lowest BCUT2D eigenvalue weighted by molar-refractivity contribution is -0.117. The van der Waals surface area contributed by atoms with Crippen LogP contribution in [0.15, 0.2) is 12.2 Å². The molecule has 3 N–H and O–H groups in total. The van der Waals surface area contributed by atoms with E-state index >= 15 is 0 Å². The van der Waals surface area contributed by atoms with Crippen molar-refractivity contribution in [2.24, 2.45) is 0 Å². The predicted molar refractivity (Wildman–Crippen MR) is 75.6 cm³/mol. The Hall–Kier alpha value is -1.00. The van der Waals surface area contributed by atoms with Gasteiger partial charge in [0.2, 0.25) is 5.91 Å². The second-order valence-electron chi connectivity index (χ2n) is 5.07. The molecule has 0 saturated carbocycles. The van der Waals surface area contributed by atoms with Crippen LogP contribution in [-0.2, 0) is 23.6 Å². The zero-order valence-electron chi connectivity index (χ0n) is 12.5. The minimum absolute atomic E-state index is 0.183. The summed E-state index contributed by atoms with van der Waals surface area (Å²) in [6, 6.07) is 0. The number of nitrogens with one attached hydrogen (secondary N) is 1. The van der Waals surface area contributed by atoms with Gasteiger partial charge in [-0.3, -0.25) is 4.79 Å². The van der Waals surface area contributed by atoms with Crippen LogP contribution in [0.5, 0.6) is 0 Å². The van der Waals surface area contributed by atoms with Crippen LogP contribution in [0.2, 0.25) is 0 Å². The number of carbonyl (C=O) groups excluding carboxylic acids is 1. The van der Waals surface area contributed by atoms with E-state index in [-0.39, 0.29) is 25.5 Å². The van der Waals surface area contributed by atoms with Crippen molar-refractivity contribution in [3.8, 4) is 0 Å². The van der Waals surface area contributed by atoms with Crippen LogP contribution in [0.4, 0.5) is 0 Å². The van der Waals surface area contributed by atoms with Crippen molar-refractivity contribution in [2.75, 3.05) is 19.8 Å². The summed E-state index contributed by atoms with van der Waals surface area (Å²) in [5.74, 6) is -0.317. The average molecular weight is 325 g/mol. The molecule has 0 aromatic carbocycles. The van der Waals surface area contributed by atoms with Gasteiger partial charge in [0.25, 0.3) is 0 Å². The maximum Gasteiger partial charge on any atom is 0.399 e. The Kier molecular flexibility index (Phi) is 8.04. The molecule has 124 valence electrons. The van der Waals surface area contributed by atoms with E-state index in [1.54, 1.807) is 6.92 Å². The Balaban J connectivity index is 3.94. The molecule has 0 heterocycles. The van der Waals surface area contributed by atoms with Gasteiger partial charge in [0.1, 0.15) is 6.10 Å². The highest BCUT2D eigenvalue weighted by atomic mass is 32.3. The summed E-state index contributed by atoms with van der Waals surface area (Å²) in [6.07, 6.45) is -1.11. The fourth-order valence-electron chi connectivity index (χ4n) is 0.972. The molecule has 0 spiro atoms. The first-order valence-corrected chi connectivity index (χ1v) is 7.67. The Morgan fingerprint density at radius 3 is 2.43 bits per heavy atom. The molecular weight excluding hydrogens is 302 g/mol. The van der Waals surface area contributed by atoms with E-state index in [0.717, 1.165) is 0 Å². The molecule has 0 fully saturated rings. The van der Waals surface area contributed by atoms with Gasteiger partial charge in [-0.2, -0.15) is 8.42 Å². The quantitative estimate of drug-likeness (QED) is 0.365. The van der Waals surface area contributed by atoms with Crippen LogP contribution in [0.3, 0.4) is 0 Å². The number of carbonyl (C=O) groups is 1. The lowest BCUT2D eigenvalue weighted by atomic mass is 10.0. The zero-order chi connectivity index (χ0) is 16.7. The van der Waals surface area contributed by atoms with Gasteiger partial charge >= 0.3 is 10.4 Å². The van der Waals surface area contributed by atoms with Gasteiger partial charge < -0.3 is 15.5 Å². The molecule has 1 unspecified atom stereocenters. The van der Waals surface area contributed by atoms with Crippen molar-refractivity contribution in [3.63, 3.8) is 0 Å². The summed E-state index contributed by atoms with van der Waals surface area (Å²) >= 11 is 0. The van der Waals surface area contributed by atoms with Crippen molar-refractivity contribution >= 4 is 16.3 Å². The number of hydrogen-bond acceptors (Lipinski definition) is 7. The molecule has 0 aliphatic heterocycles. The van der Waals surface area contributed by atoms with Crippen LogP contribution in [0.25, 0.3) is 0 Å². The lowest BCUT2D eigenvalue weighted by Crippen LogP contribution is -2.40. The van der Waals surface area contributed by atoms with E-state index in [9.17, 15) is 23.4 Å². The summed E-state index contributed by atoms with van der Waals surface area (Å²) < 4.78 is 31.6. The fraction of sp³-hybridized carbons (Fsp3) is 0.750. The van der Waals surface area contributed by atoms with Crippen molar-refractivity contribution in [2.45, 2.75) is 38.9 Å². The molecule has 0 aliphatic carbocycles. The third kappa shape index (κ3) is 9.53. The number of aliphatic hydroxyl groups is 2. The maximum absolute atomic E-state index is 11.3. The summed E-state index contributed by atoms with van der Waals surface area (Å²) in [6.45, 7) is 7.07. The van der Waals surface area contributed by atoms with E-state index in [1.165, 1.54) is 13.8 Å². The van der Waals surface area contributed by atoms with Crippen molar-refractivity contribution in [1.82, 2.24) is 5.32 Å². The van der Waals surface area contributed by atoms with Crippen LogP contribution in [0, 0.1) is 0 Å². The largest absolute Gasteiger partial charge is 0.399 e. The monoisotopic (exact) mass is 325 g/mol. The van der Waals surface area contributed by atoms with Crippen LogP contribution < -0.4 is 5.32 Å². The summed E-state index contributed by atoms with van der Waals surface area (Å²) in [5, 5.41) is 21.3. The first-order chi connectivity index (χ1) is 9.46. The van der Waals surface area contributed by atoms with Gasteiger partial charge in [0.15, 0.2) is 0 Å². The SMILES string of the molecule is C=C(C)C(=O)NCCCOS(=O)(=O)OCC(O)C(C)(C)O. The van der Waals surface area contributed by atoms with E-state index < -0.39 is 28.7 Å². The Morgan fingerprint density at radius 2 is 1.95 bits per heavy atom. The molecule has 9 heteroatoms. The highest BCUT2D eigenvalue weighted by molar-refractivity contribution is 7.81. The molecule has 0 saturated heterocycles. The molecule has 0 radical (unpaired) electrons. The maximum atomic E-state index is 11.3. The minimum Gasteiger partial charge on any atom is -0.388 e. The van der Waals surface area contributed by atoms with Crippen molar-refractivity contribution < 1.29 is 31.8 Å². The van der Waals surface area contributed by atoms with Gasteiger partial charge in [0, 0.05) is 12.1 Å². The molecule has 1 atom stereocenters. The lowest BCUT2D eigenvalue weighted by Gasteiger charge is -2.23. The minimum atomic E-state index is -4.26. The van der Waals surface area contributed by atoms with Crippen LogP contribution >= 0.6 is 0 Å². The molecule has 0 aliphatic rings. The summed E-state index contributed by atoms with van der Waals surface area (Å²) in [5.41, 5.74) is -1.13.